The standard InChI is InChI=1S/C25H29N3O2/c1-17(16-25-27-14-15-28-25)18(2)30-24-9-8-21-20(4-3-5-23(21)29)22(24)7-6-19-10-12-26-13-11-19/h8-15,17-18H,3-7,16H2,1-2H3,(H,27,28). The number of imidazole rings is 1. The molecule has 0 saturated carbocycles. The summed E-state index contributed by atoms with van der Waals surface area (Å²) in [6, 6.07) is 8.07. The monoisotopic (exact) mass is 403 g/mol. The van der Waals surface area contributed by atoms with Crippen LogP contribution in [0.3, 0.4) is 0 Å². The molecule has 2 aromatic heterocycles. The van der Waals surface area contributed by atoms with Gasteiger partial charge >= 0.3 is 0 Å². The minimum Gasteiger partial charge on any atom is -0.490 e. The van der Waals surface area contributed by atoms with Crippen molar-refractivity contribution in [2.24, 2.45) is 5.92 Å². The molecule has 1 aliphatic rings. The number of nitrogens with zero attached hydrogens (tertiary/aromatic N) is 2. The molecule has 30 heavy (non-hydrogen) atoms. The smallest absolute Gasteiger partial charge is 0.163 e. The summed E-state index contributed by atoms with van der Waals surface area (Å²) < 4.78 is 6.48. The van der Waals surface area contributed by atoms with Crippen LogP contribution in [0, 0.1) is 5.92 Å². The van der Waals surface area contributed by atoms with Crippen molar-refractivity contribution < 1.29 is 9.53 Å². The van der Waals surface area contributed by atoms with Crippen LogP contribution in [0.1, 0.15) is 59.6 Å². The first-order valence-corrected chi connectivity index (χ1v) is 10.8. The van der Waals surface area contributed by atoms with Crippen molar-refractivity contribution in [3.63, 3.8) is 0 Å². The van der Waals surface area contributed by atoms with Gasteiger partial charge in [0, 0.05) is 43.2 Å². The second-order valence-corrected chi connectivity index (χ2v) is 8.24. The summed E-state index contributed by atoms with van der Waals surface area (Å²) in [6.07, 6.45) is 12.4. The van der Waals surface area contributed by atoms with E-state index in [9.17, 15) is 4.79 Å². The number of aromatic amines is 1. The van der Waals surface area contributed by atoms with E-state index in [-0.39, 0.29) is 11.9 Å². The number of aryl methyl sites for hydroxylation is 1. The Labute approximate surface area is 177 Å². The third-order valence-electron chi connectivity index (χ3n) is 6.12. The molecule has 2 heterocycles. The third kappa shape index (κ3) is 4.61. The van der Waals surface area contributed by atoms with E-state index in [1.54, 1.807) is 6.20 Å². The summed E-state index contributed by atoms with van der Waals surface area (Å²) in [4.78, 5) is 24.1. The summed E-state index contributed by atoms with van der Waals surface area (Å²) >= 11 is 0. The lowest BCUT2D eigenvalue weighted by Crippen LogP contribution is -2.25. The number of fused-ring (bicyclic) bond motifs is 1. The summed E-state index contributed by atoms with van der Waals surface area (Å²) in [7, 11) is 0. The molecule has 0 amide bonds. The van der Waals surface area contributed by atoms with Crippen LogP contribution in [-0.2, 0) is 25.7 Å². The van der Waals surface area contributed by atoms with Gasteiger partial charge < -0.3 is 9.72 Å². The van der Waals surface area contributed by atoms with Crippen LogP contribution in [0.5, 0.6) is 5.75 Å². The number of pyridine rings is 1. The lowest BCUT2D eigenvalue weighted by molar-refractivity contribution is 0.0972. The predicted octanol–water partition coefficient (Wildman–Crippen LogP) is 4.76. The van der Waals surface area contributed by atoms with Crippen molar-refractivity contribution in [1.29, 1.82) is 0 Å². The number of ether oxygens (including phenoxy) is 1. The highest BCUT2D eigenvalue weighted by Gasteiger charge is 2.24. The van der Waals surface area contributed by atoms with E-state index >= 15 is 0 Å². The number of benzene rings is 1. The van der Waals surface area contributed by atoms with Crippen molar-refractivity contribution >= 4 is 5.78 Å². The van der Waals surface area contributed by atoms with Crippen molar-refractivity contribution in [2.75, 3.05) is 0 Å². The quantitative estimate of drug-likeness (QED) is 0.589. The molecule has 2 unspecified atom stereocenters. The zero-order valence-electron chi connectivity index (χ0n) is 17.7. The normalized spacial score (nSPS) is 15.5. The number of ketones is 1. The molecule has 3 aromatic rings. The van der Waals surface area contributed by atoms with Gasteiger partial charge in [-0.05, 0) is 79.5 Å². The fourth-order valence-electron chi connectivity index (χ4n) is 4.18. The molecule has 0 radical (unpaired) electrons. The molecule has 0 aliphatic heterocycles. The minimum atomic E-state index is 0.0344. The van der Waals surface area contributed by atoms with Gasteiger partial charge in [-0.2, -0.15) is 0 Å². The van der Waals surface area contributed by atoms with Crippen LogP contribution in [0.2, 0.25) is 0 Å². The molecule has 1 N–H and O–H groups in total. The number of Topliss-reactive ketones (excluding diaryl/α,β-unsaturated/α-hetero) is 1. The molecule has 2 atom stereocenters. The van der Waals surface area contributed by atoms with Crippen molar-refractivity contribution in [3.05, 3.63) is 77.1 Å². The Kier molecular flexibility index (Phi) is 6.26. The summed E-state index contributed by atoms with van der Waals surface area (Å²) in [5.74, 6) is 2.46. The number of nitrogens with one attached hydrogen (secondary N) is 1. The van der Waals surface area contributed by atoms with Gasteiger partial charge in [-0.15, -0.1) is 0 Å². The van der Waals surface area contributed by atoms with E-state index in [0.717, 1.165) is 49.2 Å². The predicted molar refractivity (Wildman–Crippen MR) is 117 cm³/mol. The SMILES string of the molecule is CC(Cc1ncc[nH]1)C(C)Oc1ccc2c(c1CCc1ccncc1)CCCC2=O. The lowest BCUT2D eigenvalue weighted by Gasteiger charge is -2.26. The van der Waals surface area contributed by atoms with Crippen LogP contribution >= 0.6 is 0 Å². The maximum Gasteiger partial charge on any atom is 0.163 e. The van der Waals surface area contributed by atoms with Crippen LogP contribution in [-0.4, -0.2) is 26.8 Å². The van der Waals surface area contributed by atoms with Gasteiger partial charge in [-0.3, -0.25) is 9.78 Å². The van der Waals surface area contributed by atoms with Crippen LogP contribution in [0.15, 0.2) is 49.1 Å². The Hall–Kier alpha value is -2.95. The number of hydrogen-bond acceptors (Lipinski definition) is 4. The molecule has 1 aromatic carbocycles. The molecule has 156 valence electrons. The van der Waals surface area contributed by atoms with E-state index in [4.69, 9.17) is 4.74 Å². The lowest BCUT2D eigenvalue weighted by atomic mass is 9.85. The number of H-pyrrole nitrogens is 1. The van der Waals surface area contributed by atoms with Crippen LogP contribution < -0.4 is 4.74 Å². The second kappa shape index (κ2) is 9.24. The van der Waals surface area contributed by atoms with Gasteiger partial charge in [0.1, 0.15) is 11.6 Å². The van der Waals surface area contributed by atoms with Gasteiger partial charge in [-0.1, -0.05) is 6.92 Å². The molecule has 0 bridgehead atoms. The van der Waals surface area contributed by atoms with Crippen molar-refractivity contribution in [3.8, 4) is 5.75 Å². The maximum absolute atomic E-state index is 12.5. The Morgan fingerprint density at radius 2 is 1.90 bits per heavy atom. The fraction of sp³-hybridized carbons (Fsp3) is 0.400. The molecular formula is C25H29N3O2. The Morgan fingerprint density at radius 3 is 2.67 bits per heavy atom. The Morgan fingerprint density at radius 1 is 1.07 bits per heavy atom. The zero-order valence-corrected chi connectivity index (χ0v) is 17.7. The van der Waals surface area contributed by atoms with Crippen molar-refractivity contribution in [1.82, 2.24) is 15.0 Å². The molecule has 4 rings (SSSR count). The van der Waals surface area contributed by atoms with E-state index in [1.807, 2.05) is 30.7 Å². The molecule has 5 heteroatoms. The van der Waals surface area contributed by atoms with E-state index in [1.165, 1.54) is 16.7 Å². The van der Waals surface area contributed by atoms with Crippen molar-refractivity contribution in [2.45, 2.75) is 58.5 Å². The van der Waals surface area contributed by atoms with Gasteiger partial charge in [0.25, 0.3) is 0 Å². The Balaban J connectivity index is 1.57. The molecule has 0 fully saturated rings. The number of carbonyl (C=O) groups is 1. The molecule has 0 spiro atoms. The highest BCUT2D eigenvalue weighted by molar-refractivity contribution is 5.99. The first kappa shape index (κ1) is 20.3. The first-order chi connectivity index (χ1) is 14.6. The first-order valence-electron chi connectivity index (χ1n) is 10.8. The Bertz CT molecular complexity index is 983. The zero-order chi connectivity index (χ0) is 20.9. The average molecular weight is 404 g/mol. The largest absolute Gasteiger partial charge is 0.490 e. The molecule has 1 aliphatic carbocycles. The number of aromatic nitrogens is 3. The fourth-order valence-corrected chi connectivity index (χ4v) is 4.18. The number of hydrogen-bond donors (Lipinski definition) is 1. The van der Waals surface area contributed by atoms with Gasteiger partial charge in [0.15, 0.2) is 5.78 Å². The molecular weight excluding hydrogens is 374 g/mol. The summed E-state index contributed by atoms with van der Waals surface area (Å²) in [6.45, 7) is 4.30. The maximum atomic E-state index is 12.5. The average Bonchev–Trinajstić information content (AvgIpc) is 3.27. The summed E-state index contributed by atoms with van der Waals surface area (Å²) in [5.41, 5.74) is 4.50. The van der Waals surface area contributed by atoms with Crippen LogP contribution in [0.25, 0.3) is 0 Å². The number of carbonyl (C=O) groups excluding carboxylic acids is 1. The minimum absolute atomic E-state index is 0.0344. The topological polar surface area (TPSA) is 67.9 Å². The number of rotatable bonds is 8. The van der Waals surface area contributed by atoms with E-state index in [0.29, 0.717) is 12.3 Å². The molecule has 5 nitrogen and oxygen atoms in total. The van der Waals surface area contributed by atoms with Gasteiger partial charge in [-0.25, -0.2) is 4.98 Å². The highest BCUT2D eigenvalue weighted by Crippen LogP contribution is 2.33. The van der Waals surface area contributed by atoms with E-state index in [2.05, 4.69) is 40.9 Å². The van der Waals surface area contributed by atoms with Gasteiger partial charge in [0.05, 0.1) is 6.10 Å². The van der Waals surface area contributed by atoms with Crippen LogP contribution in [0.4, 0.5) is 0 Å². The second-order valence-electron chi connectivity index (χ2n) is 8.24. The van der Waals surface area contributed by atoms with E-state index < -0.39 is 0 Å². The van der Waals surface area contributed by atoms with Gasteiger partial charge in [0.2, 0.25) is 0 Å². The molecule has 0 saturated heterocycles. The third-order valence-corrected chi connectivity index (χ3v) is 6.12. The highest BCUT2D eigenvalue weighted by atomic mass is 16.5. The summed E-state index contributed by atoms with van der Waals surface area (Å²) in [5, 5.41) is 0.